The first-order valence-corrected chi connectivity index (χ1v) is 9.47. The average Bonchev–Trinajstić information content (AvgIpc) is 2.93. The maximum Gasteiger partial charge on any atom is 0.191 e. The van der Waals surface area contributed by atoms with Gasteiger partial charge in [0.25, 0.3) is 0 Å². The molecular weight excluding hydrogens is 459 g/mol. The highest BCUT2D eigenvalue weighted by molar-refractivity contribution is 14.0. The Morgan fingerprint density at radius 3 is 2.48 bits per heavy atom. The molecule has 0 fully saturated rings. The van der Waals surface area contributed by atoms with E-state index in [2.05, 4.69) is 39.7 Å². The van der Waals surface area contributed by atoms with Gasteiger partial charge in [-0.15, -0.1) is 34.2 Å². The van der Waals surface area contributed by atoms with Gasteiger partial charge in [0, 0.05) is 40.5 Å². The van der Waals surface area contributed by atoms with E-state index in [1.165, 1.54) is 0 Å². The maximum absolute atomic E-state index is 5.81. The van der Waals surface area contributed by atoms with Gasteiger partial charge < -0.3 is 24.7 Å². The first-order chi connectivity index (χ1) is 12.5. The lowest BCUT2D eigenvalue weighted by Crippen LogP contribution is -2.40. The van der Waals surface area contributed by atoms with Crippen LogP contribution < -0.4 is 10.6 Å². The van der Waals surface area contributed by atoms with E-state index >= 15 is 0 Å². The molecule has 0 aromatic carbocycles. The van der Waals surface area contributed by atoms with Crippen LogP contribution in [0.5, 0.6) is 0 Å². The van der Waals surface area contributed by atoms with Gasteiger partial charge >= 0.3 is 0 Å². The maximum atomic E-state index is 5.81. The van der Waals surface area contributed by atoms with Gasteiger partial charge in [0.05, 0.1) is 6.10 Å². The summed E-state index contributed by atoms with van der Waals surface area (Å²) in [5.74, 6) is 3.00. The number of halogens is 1. The molecule has 1 heterocycles. The number of hydrogen-bond acceptors (Lipinski definition) is 5. The second-order valence-corrected chi connectivity index (χ2v) is 6.61. The molecule has 1 aromatic rings. The Balaban J connectivity index is 0.00000676. The fourth-order valence-electron chi connectivity index (χ4n) is 2.49. The smallest absolute Gasteiger partial charge is 0.191 e. The van der Waals surface area contributed by atoms with Gasteiger partial charge in [-0.25, -0.2) is 4.99 Å². The van der Waals surface area contributed by atoms with Crippen LogP contribution in [0.15, 0.2) is 4.99 Å². The van der Waals surface area contributed by atoms with E-state index in [1.807, 2.05) is 25.5 Å². The van der Waals surface area contributed by atoms with Gasteiger partial charge in [-0.05, 0) is 32.6 Å². The number of aromatic nitrogens is 3. The third kappa shape index (κ3) is 10.2. The molecule has 0 radical (unpaired) electrons. The molecule has 0 saturated carbocycles. The van der Waals surface area contributed by atoms with Gasteiger partial charge in [0.15, 0.2) is 11.8 Å². The molecule has 9 heteroatoms. The minimum atomic E-state index is 0. The molecule has 158 valence electrons. The number of aryl methyl sites for hydroxylation is 1. The Morgan fingerprint density at radius 1 is 1.22 bits per heavy atom. The van der Waals surface area contributed by atoms with Gasteiger partial charge in [-0.3, -0.25) is 0 Å². The third-order valence-electron chi connectivity index (χ3n) is 4.22. The summed E-state index contributed by atoms with van der Waals surface area (Å²) in [5, 5.41) is 15.0. The number of aliphatic imine (C=N–C) groups is 1. The van der Waals surface area contributed by atoms with Crippen molar-refractivity contribution in [3.63, 3.8) is 0 Å². The third-order valence-corrected chi connectivity index (χ3v) is 4.22. The van der Waals surface area contributed by atoms with Gasteiger partial charge in [-0.2, -0.15) is 0 Å². The molecule has 27 heavy (non-hydrogen) atoms. The van der Waals surface area contributed by atoms with Crippen LogP contribution in [-0.2, 0) is 23.1 Å². The van der Waals surface area contributed by atoms with Crippen molar-refractivity contribution in [2.45, 2.75) is 53.2 Å². The zero-order valence-electron chi connectivity index (χ0n) is 17.6. The summed E-state index contributed by atoms with van der Waals surface area (Å²) in [6.45, 7) is 11.9. The molecule has 0 bridgehead atoms. The number of hydrogen-bond donors (Lipinski definition) is 2. The molecule has 1 aromatic heterocycles. The summed E-state index contributed by atoms with van der Waals surface area (Å²) >= 11 is 0. The van der Waals surface area contributed by atoms with E-state index in [9.17, 15) is 0 Å². The zero-order chi connectivity index (χ0) is 19.4. The van der Waals surface area contributed by atoms with Crippen LogP contribution in [0, 0.1) is 12.8 Å². The lowest BCUT2D eigenvalue weighted by molar-refractivity contribution is 0.0258. The molecule has 2 N–H and O–H groups in total. The van der Waals surface area contributed by atoms with Crippen molar-refractivity contribution in [3.05, 3.63) is 11.6 Å². The molecule has 1 atom stereocenters. The normalized spacial score (nSPS) is 12.8. The number of rotatable bonds is 12. The highest BCUT2D eigenvalue weighted by Gasteiger charge is 2.13. The lowest BCUT2D eigenvalue weighted by Gasteiger charge is -2.21. The summed E-state index contributed by atoms with van der Waals surface area (Å²) in [6, 6.07) is 0. The highest BCUT2D eigenvalue weighted by Crippen LogP contribution is 2.09. The predicted molar refractivity (Wildman–Crippen MR) is 120 cm³/mol. The summed E-state index contributed by atoms with van der Waals surface area (Å²) < 4.78 is 12.9. The second-order valence-electron chi connectivity index (χ2n) is 6.61. The molecule has 0 aliphatic heterocycles. The first-order valence-electron chi connectivity index (χ1n) is 9.47. The number of nitrogens with one attached hydrogen (secondary N) is 2. The monoisotopic (exact) mass is 496 g/mol. The average molecular weight is 496 g/mol. The molecule has 0 aliphatic rings. The number of methoxy groups -OCH3 is 1. The molecule has 8 nitrogen and oxygen atoms in total. The summed E-state index contributed by atoms with van der Waals surface area (Å²) in [5.41, 5.74) is 0. The van der Waals surface area contributed by atoms with E-state index in [1.54, 1.807) is 7.11 Å². The topological polar surface area (TPSA) is 85.6 Å². The number of guanidine groups is 1. The van der Waals surface area contributed by atoms with Crippen LogP contribution in [0.1, 0.15) is 45.3 Å². The quantitative estimate of drug-likeness (QED) is 0.200. The fraction of sp³-hybridized carbons (Fsp3) is 0.833. The van der Waals surface area contributed by atoms with Crippen molar-refractivity contribution in [2.24, 2.45) is 18.0 Å². The summed E-state index contributed by atoms with van der Waals surface area (Å²) in [6.07, 6.45) is 2.12. The molecule has 0 amide bonds. The molecule has 0 saturated heterocycles. The molecule has 0 spiro atoms. The van der Waals surface area contributed by atoms with Crippen LogP contribution in [0.3, 0.4) is 0 Å². The molecule has 1 unspecified atom stereocenters. The van der Waals surface area contributed by atoms with Gasteiger partial charge in [0.1, 0.15) is 12.4 Å². The zero-order valence-corrected chi connectivity index (χ0v) is 19.9. The minimum absolute atomic E-state index is 0. The van der Waals surface area contributed by atoms with Crippen molar-refractivity contribution >= 4 is 29.9 Å². The van der Waals surface area contributed by atoms with Crippen LogP contribution in [0.4, 0.5) is 0 Å². The number of ether oxygens (including phenoxy) is 2. The Kier molecular flexibility index (Phi) is 14.5. The van der Waals surface area contributed by atoms with Crippen molar-refractivity contribution in [1.29, 1.82) is 0 Å². The van der Waals surface area contributed by atoms with Crippen LogP contribution in [-0.4, -0.2) is 60.2 Å². The Bertz CT molecular complexity index is 536. The standard InChI is InChI=1S/C18H36N6O2.HI/c1-7-26-16(14(2)3)9-11-20-18(19-10-8-12-25-6)21-13-17-23-22-15(4)24(17)5;/h14,16H,7-13H2,1-6H3,(H2,19,20,21);1H. The van der Waals surface area contributed by atoms with Crippen molar-refractivity contribution in [1.82, 2.24) is 25.4 Å². The van der Waals surface area contributed by atoms with E-state index in [0.717, 1.165) is 56.8 Å². The second kappa shape index (κ2) is 15.0. The fourth-order valence-corrected chi connectivity index (χ4v) is 2.49. The summed E-state index contributed by atoms with van der Waals surface area (Å²) in [4.78, 5) is 4.64. The minimum Gasteiger partial charge on any atom is -0.385 e. The molecular formula is C18H37IN6O2. The Hall–Kier alpha value is -0.940. The van der Waals surface area contributed by atoms with Crippen molar-refractivity contribution < 1.29 is 9.47 Å². The highest BCUT2D eigenvalue weighted by atomic mass is 127. The van der Waals surface area contributed by atoms with Crippen LogP contribution >= 0.6 is 24.0 Å². The molecule has 1 rings (SSSR count). The van der Waals surface area contributed by atoms with E-state index in [0.29, 0.717) is 12.5 Å². The summed E-state index contributed by atoms with van der Waals surface area (Å²) in [7, 11) is 3.66. The van der Waals surface area contributed by atoms with E-state index in [-0.39, 0.29) is 30.1 Å². The van der Waals surface area contributed by atoms with E-state index < -0.39 is 0 Å². The SMILES string of the molecule is CCOC(CCNC(=NCc1nnc(C)n1C)NCCCOC)C(C)C.I. The van der Waals surface area contributed by atoms with Gasteiger partial charge in [0.2, 0.25) is 0 Å². The van der Waals surface area contributed by atoms with Crippen LogP contribution in [0.25, 0.3) is 0 Å². The van der Waals surface area contributed by atoms with Crippen molar-refractivity contribution in [2.75, 3.05) is 33.4 Å². The number of nitrogens with zero attached hydrogens (tertiary/aromatic N) is 4. The predicted octanol–water partition coefficient (Wildman–Crippen LogP) is 2.26. The van der Waals surface area contributed by atoms with Gasteiger partial charge in [-0.1, -0.05) is 13.8 Å². The largest absolute Gasteiger partial charge is 0.385 e. The Morgan fingerprint density at radius 2 is 1.93 bits per heavy atom. The Labute approximate surface area is 180 Å². The van der Waals surface area contributed by atoms with Crippen LogP contribution in [0.2, 0.25) is 0 Å². The molecule has 0 aliphatic carbocycles. The van der Waals surface area contributed by atoms with E-state index in [4.69, 9.17) is 9.47 Å². The first kappa shape index (κ1) is 26.1. The lowest BCUT2D eigenvalue weighted by atomic mass is 10.0. The van der Waals surface area contributed by atoms with Crippen molar-refractivity contribution in [3.8, 4) is 0 Å².